The first kappa shape index (κ1) is 15.9. The molecule has 0 spiro atoms. The number of carboxylic acid groups (broad SMARTS) is 1. The predicted octanol–water partition coefficient (Wildman–Crippen LogP) is 2.05. The number of amides is 1. The standard InChI is InChI=1S/C16H19NO5/c1-3-10-22-15(20)17-9-8-16(11-17,14(18)19)12-4-6-13(21-2)7-5-12/h3-7H,1,8-11H2,2H3,(H,18,19). The monoisotopic (exact) mass is 305 g/mol. The number of likely N-dealkylation sites (tertiary alicyclic amines) is 1. The second-order valence-corrected chi connectivity index (χ2v) is 5.15. The summed E-state index contributed by atoms with van der Waals surface area (Å²) < 4.78 is 10.1. The van der Waals surface area contributed by atoms with Gasteiger partial charge in [0.15, 0.2) is 0 Å². The lowest BCUT2D eigenvalue weighted by Gasteiger charge is -2.25. The minimum atomic E-state index is -1.11. The van der Waals surface area contributed by atoms with E-state index in [1.165, 1.54) is 11.0 Å². The van der Waals surface area contributed by atoms with Crippen LogP contribution in [0, 0.1) is 0 Å². The van der Waals surface area contributed by atoms with Crippen molar-refractivity contribution in [1.82, 2.24) is 4.90 Å². The molecule has 0 saturated carbocycles. The molecule has 118 valence electrons. The van der Waals surface area contributed by atoms with Crippen LogP contribution in [0.4, 0.5) is 4.79 Å². The van der Waals surface area contributed by atoms with E-state index in [0.717, 1.165) is 0 Å². The van der Waals surface area contributed by atoms with Crippen LogP contribution >= 0.6 is 0 Å². The molecule has 0 radical (unpaired) electrons. The molecule has 1 saturated heterocycles. The van der Waals surface area contributed by atoms with Gasteiger partial charge in [-0.3, -0.25) is 4.79 Å². The zero-order valence-electron chi connectivity index (χ0n) is 12.4. The second kappa shape index (κ2) is 6.51. The Bertz CT molecular complexity index is 568. The van der Waals surface area contributed by atoms with Crippen molar-refractivity contribution in [2.45, 2.75) is 11.8 Å². The molecular weight excluding hydrogens is 286 g/mol. The molecule has 1 fully saturated rings. The molecule has 1 aliphatic rings. The third-order valence-corrected chi connectivity index (χ3v) is 3.90. The van der Waals surface area contributed by atoms with Crippen LogP contribution in [0.1, 0.15) is 12.0 Å². The van der Waals surface area contributed by atoms with Gasteiger partial charge in [-0.2, -0.15) is 0 Å². The van der Waals surface area contributed by atoms with Gasteiger partial charge < -0.3 is 19.5 Å². The lowest BCUT2D eigenvalue weighted by molar-refractivity contribution is -0.143. The highest BCUT2D eigenvalue weighted by Crippen LogP contribution is 2.36. The Balaban J connectivity index is 2.21. The van der Waals surface area contributed by atoms with Crippen molar-refractivity contribution in [3.8, 4) is 5.75 Å². The van der Waals surface area contributed by atoms with Crippen LogP contribution in [-0.2, 0) is 14.9 Å². The topological polar surface area (TPSA) is 76.1 Å². The van der Waals surface area contributed by atoms with Crippen LogP contribution in [0.15, 0.2) is 36.9 Å². The number of rotatable bonds is 5. The van der Waals surface area contributed by atoms with Crippen molar-refractivity contribution in [1.29, 1.82) is 0 Å². The molecule has 1 aliphatic heterocycles. The highest BCUT2D eigenvalue weighted by molar-refractivity contribution is 5.84. The molecular formula is C16H19NO5. The van der Waals surface area contributed by atoms with Gasteiger partial charge in [0, 0.05) is 13.1 Å². The van der Waals surface area contributed by atoms with E-state index in [1.54, 1.807) is 31.4 Å². The maximum atomic E-state index is 11.9. The number of carboxylic acids is 1. The first-order chi connectivity index (χ1) is 10.5. The number of aliphatic carboxylic acids is 1. The van der Waals surface area contributed by atoms with Crippen LogP contribution in [0.2, 0.25) is 0 Å². The van der Waals surface area contributed by atoms with Gasteiger partial charge in [-0.05, 0) is 24.1 Å². The van der Waals surface area contributed by atoms with Crippen LogP contribution in [0.3, 0.4) is 0 Å². The third-order valence-electron chi connectivity index (χ3n) is 3.90. The van der Waals surface area contributed by atoms with Crippen LogP contribution < -0.4 is 4.74 Å². The van der Waals surface area contributed by atoms with Gasteiger partial charge in [0.05, 0.1) is 7.11 Å². The number of methoxy groups -OCH3 is 1. The summed E-state index contributed by atoms with van der Waals surface area (Å²) in [5.74, 6) is -0.291. The Morgan fingerprint density at radius 3 is 2.64 bits per heavy atom. The summed E-state index contributed by atoms with van der Waals surface area (Å²) in [7, 11) is 1.55. The van der Waals surface area contributed by atoms with Crippen molar-refractivity contribution < 1.29 is 24.2 Å². The molecule has 1 aromatic carbocycles. The third kappa shape index (κ3) is 2.90. The fourth-order valence-electron chi connectivity index (χ4n) is 2.63. The number of hydrogen-bond acceptors (Lipinski definition) is 4. The average molecular weight is 305 g/mol. The molecule has 1 atom stereocenters. The summed E-state index contributed by atoms with van der Waals surface area (Å²) in [4.78, 5) is 25.1. The number of carbonyl (C=O) groups is 2. The fraction of sp³-hybridized carbons (Fsp3) is 0.375. The van der Waals surface area contributed by atoms with Gasteiger partial charge in [-0.1, -0.05) is 24.8 Å². The summed E-state index contributed by atoms with van der Waals surface area (Å²) in [6.07, 6.45) is 1.30. The zero-order chi connectivity index (χ0) is 16.2. The summed E-state index contributed by atoms with van der Waals surface area (Å²) in [5, 5.41) is 9.69. The van der Waals surface area contributed by atoms with Gasteiger partial charge in [-0.25, -0.2) is 4.79 Å². The summed E-state index contributed by atoms with van der Waals surface area (Å²) in [5.41, 5.74) is -0.459. The number of ether oxygens (including phenoxy) is 2. The SMILES string of the molecule is C=CCOC(=O)N1CCC(C(=O)O)(c2ccc(OC)cc2)C1. The summed E-state index contributed by atoms with van der Waals surface area (Å²) in [6.45, 7) is 4.02. The molecule has 0 bridgehead atoms. The van der Waals surface area contributed by atoms with Crippen molar-refractivity contribution in [3.05, 3.63) is 42.5 Å². The second-order valence-electron chi connectivity index (χ2n) is 5.15. The average Bonchev–Trinajstić information content (AvgIpc) is 2.99. The number of nitrogens with zero attached hydrogens (tertiary/aromatic N) is 1. The normalized spacial score (nSPS) is 20.5. The van der Waals surface area contributed by atoms with Crippen molar-refractivity contribution in [2.75, 3.05) is 26.8 Å². The maximum absolute atomic E-state index is 11.9. The van der Waals surface area contributed by atoms with Crippen LogP contribution in [0.25, 0.3) is 0 Å². The van der Waals surface area contributed by atoms with E-state index in [4.69, 9.17) is 9.47 Å². The minimum Gasteiger partial charge on any atom is -0.497 e. The first-order valence-corrected chi connectivity index (χ1v) is 6.94. The van der Waals surface area contributed by atoms with Gasteiger partial charge >= 0.3 is 12.1 Å². The van der Waals surface area contributed by atoms with E-state index in [2.05, 4.69) is 6.58 Å². The Morgan fingerprint density at radius 1 is 1.41 bits per heavy atom. The fourth-order valence-corrected chi connectivity index (χ4v) is 2.63. The van der Waals surface area contributed by atoms with Crippen molar-refractivity contribution in [2.24, 2.45) is 0 Å². The molecule has 0 aromatic heterocycles. The molecule has 1 amide bonds. The molecule has 0 aliphatic carbocycles. The molecule has 6 heteroatoms. The van der Waals surface area contributed by atoms with E-state index in [9.17, 15) is 14.7 Å². The highest BCUT2D eigenvalue weighted by atomic mass is 16.6. The van der Waals surface area contributed by atoms with Gasteiger partial charge in [0.1, 0.15) is 17.8 Å². The lowest BCUT2D eigenvalue weighted by Crippen LogP contribution is -2.40. The van der Waals surface area contributed by atoms with Crippen molar-refractivity contribution >= 4 is 12.1 Å². The largest absolute Gasteiger partial charge is 0.497 e. The molecule has 6 nitrogen and oxygen atoms in total. The van der Waals surface area contributed by atoms with E-state index >= 15 is 0 Å². The quantitative estimate of drug-likeness (QED) is 0.843. The van der Waals surface area contributed by atoms with Crippen molar-refractivity contribution in [3.63, 3.8) is 0 Å². The molecule has 1 unspecified atom stereocenters. The Kier molecular flexibility index (Phi) is 4.70. The van der Waals surface area contributed by atoms with E-state index in [1.807, 2.05) is 0 Å². The molecule has 1 N–H and O–H groups in total. The number of hydrogen-bond donors (Lipinski definition) is 1. The summed E-state index contributed by atoms with van der Waals surface area (Å²) in [6, 6.07) is 6.90. The van der Waals surface area contributed by atoms with Gasteiger partial charge in [-0.15, -0.1) is 0 Å². The van der Waals surface area contributed by atoms with E-state index in [0.29, 0.717) is 24.3 Å². The van der Waals surface area contributed by atoms with Gasteiger partial charge in [0.25, 0.3) is 0 Å². The van der Waals surface area contributed by atoms with Crippen LogP contribution in [0.5, 0.6) is 5.75 Å². The zero-order valence-corrected chi connectivity index (χ0v) is 12.4. The smallest absolute Gasteiger partial charge is 0.410 e. The van der Waals surface area contributed by atoms with E-state index in [-0.39, 0.29) is 13.2 Å². The summed E-state index contributed by atoms with van der Waals surface area (Å²) >= 11 is 0. The molecule has 22 heavy (non-hydrogen) atoms. The Morgan fingerprint density at radius 2 is 2.09 bits per heavy atom. The Hall–Kier alpha value is -2.50. The Labute approximate surface area is 128 Å². The number of carbonyl (C=O) groups excluding carboxylic acids is 1. The minimum absolute atomic E-state index is 0.0879. The van der Waals surface area contributed by atoms with E-state index < -0.39 is 17.5 Å². The van der Waals surface area contributed by atoms with Gasteiger partial charge in [0.2, 0.25) is 0 Å². The maximum Gasteiger partial charge on any atom is 0.410 e. The predicted molar refractivity (Wildman–Crippen MR) is 80.0 cm³/mol. The highest BCUT2D eigenvalue weighted by Gasteiger charge is 2.48. The first-order valence-electron chi connectivity index (χ1n) is 6.94. The van der Waals surface area contributed by atoms with Crippen LogP contribution in [-0.4, -0.2) is 48.9 Å². The molecule has 1 aromatic rings. The number of benzene rings is 1. The molecule has 2 rings (SSSR count). The molecule has 1 heterocycles. The lowest BCUT2D eigenvalue weighted by atomic mass is 9.80.